The van der Waals surface area contributed by atoms with Crippen LogP contribution < -0.4 is 0 Å². The van der Waals surface area contributed by atoms with Gasteiger partial charge in [0.15, 0.2) is 31.1 Å². The van der Waals surface area contributed by atoms with Crippen LogP contribution in [0.3, 0.4) is 0 Å². The molecule has 21 heteroatoms. The predicted molar refractivity (Wildman–Crippen MR) is 414 cm³/mol. The lowest BCUT2D eigenvalue weighted by molar-refractivity contribution is -0.386. The van der Waals surface area contributed by atoms with Gasteiger partial charge >= 0.3 is 5.97 Å². The summed E-state index contributed by atoms with van der Waals surface area (Å²) in [7, 11) is 0. The molecular weight excluding hydrogens is 1460 g/mol. The molecule has 110 heavy (non-hydrogen) atoms. The molecule has 3 fully saturated rings. The summed E-state index contributed by atoms with van der Waals surface area (Å²) in [6.07, 6.45) is -19.9. The minimum Gasteiger partial charge on any atom is -0.454 e. The zero-order valence-electron chi connectivity index (χ0n) is 61.7. The van der Waals surface area contributed by atoms with Crippen molar-refractivity contribution < 1.29 is 80.6 Å². The van der Waals surface area contributed by atoms with Crippen LogP contribution in [0.2, 0.25) is 0 Å². The Balaban J connectivity index is 1.00. The smallest absolute Gasteiger partial charge is 0.311 e. The minimum absolute atomic E-state index is 0.0250. The van der Waals surface area contributed by atoms with E-state index in [0.29, 0.717) is 0 Å². The van der Waals surface area contributed by atoms with Gasteiger partial charge in [-0.25, -0.2) is 0 Å². The van der Waals surface area contributed by atoms with Crippen LogP contribution in [-0.4, -0.2) is 128 Å². The van der Waals surface area contributed by atoms with Crippen LogP contribution in [0, 0.1) is 16.7 Å². The van der Waals surface area contributed by atoms with Crippen LogP contribution in [0.4, 0.5) is 0 Å². The molecule has 9 aromatic rings. The molecule has 1 unspecified atom stereocenters. The molecular formula is C89H94Cl3NO17. The molecule has 18 nitrogen and oxygen atoms in total. The van der Waals surface area contributed by atoms with E-state index in [2.05, 4.69) is 0 Å². The zero-order chi connectivity index (χ0) is 76.3. The number of alkyl halides is 3. The Bertz CT molecular complexity index is 4140. The minimum atomic E-state index is -2.28. The summed E-state index contributed by atoms with van der Waals surface area (Å²) < 4.78 is 112. The summed E-state index contributed by atoms with van der Waals surface area (Å²) in [6.45, 7) is 5.62. The van der Waals surface area contributed by atoms with Crippen molar-refractivity contribution in [2.24, 2.45) is 5.41 Å². The maximum absolute atomic E-state index is 15.0. The van der Waals surface area contributed by atoms with Gasteiger partial charge in [-0.1, -0.05) is 308 Å². The third-order valence-corrected chi connectivity index (χ3v) is 19.4. The third-order valence-electron chi connectivity index (χ3n) is 18.8. The van der Waals surface area contributed by atoms with Crippen LogP contribution in [0.15, 0.2) is 273 Å². The second-order valence-electron chi connectivity index (χ2n) is 28.2. The Labute approximate surface area is 659 Å². The number of hydrogen-bond acceptors (Lipinski definition) is 18. The Morgan fingerprint density at radius 3 is 0.909 bits per heavy atom. The van der Waals surface area contributed by atoms with Crippen LogP contribution in [0.5, 0.6) is 0 Å². The van der Waals surface area contributed by atoms with Crippen molar-refractivity contribution in [2.45, 2.75) is 182 Å². The van der Waals surface area contributed by atoms with Gasteiger partial charge in [0.2, 0.25) is 3.79 Å². The monoisotopic (exact) mass is 1550 g/mol. The fraction of sp³-hybridized carbons (Fsp3) is 0.371. The Hall–Kier alpha value is -7.79. The van der Waals surface area contributed by atoms with Crippen LogP contribution in [0.25, 0.3) is 0 Å². The number of ether oxygens (including phenoxy) is 16. The summed E-state index contributed by atoms with van der Waals surface area (Å²) in [5.41, 5.74) is 6.60. The van der Waals surface area contributed by atoms with Gasteiger partial charge in [-0.3, -0.25) is 4.79 Å². The van der Waals surface area contributed by atoms with Crippen LogP contribution >= 0.6 is 34.8 Å². The number of benzene rings is 9. The maximum atomic E-state index is 15.0. The van der Waals surface area contributed by atoms with E-state index < -0.39 is 120 Å². The van der Waals surface area contributed by atoms with Crippen molar-refractivity contribution in [1.29, 1.82) is 5.26 Å². The molecule has 12 rings (SSSR count). The van der Waals surface area contributed by atoms with E-state index in [1.165, 1.54) is 0 Å². The summed E-state index contributed by atoms with van der Waals surface area (Å²) in [5, 5.41) is 10.8. The Morgan fingerprint density at radius 1 is 0.336 bits per heavy atom. The molecule has 3 saturated heterocycles. The molecule has 0 spiro atoms. The largest absolute Gasteiger partial charge is 0.454 e. The molecule has 9 aromatic carbocycles. The topological polar surface area (TPSA) is 189 Å². The Morgan fingerprint density at radius 2 is 0.600 bits per heavy atom. The molecule has 0 amide bonds. The molecule has 0 radical (unpaired) electrons. The molecule has 3 heterocycles. The van der Waals surface area contributed by atoms with Crippen molar-refractivity contribution in [1.82, 2.24) is 0 Å². The normalized spacial score (nSPS) is 24.6. The number of esters is 1. The number of hydrogen-bond donors (Lipinski definition) is 0. The molecule has 3 aliphatic heterocycles. The van der Waals surface area contributed by atoms with E-state index in [9.17, 15) is 5.26 Å². The first-order chi connectivity index (χ1) is 53.7. The molecule has 16 atom stereocenters. The number of carbonyl (C=O) groups is 1. The van der Waals surface area contributed by atoms with Gasteiger partial charge in [0, 0.05) is 0 Å². The highest BCUT2D eigenvalue weighted by atomic mass is 35.6. The van der Waals surface area contributed by atoms with Gasteiger partial charge in [-0.15, -0.1) is 0 Å². The highest BCUT2D eigenvalue weighted by molar-refractivity contribution is 6.68. The van der Waals surface area contributed by atoms with E-state index in [-0.39, 0.29) is 72.7 Å². The lowest BCUT2D eigenvalue weighted by Crippen LogP contribution is -2.67. The molecule has 0 aromatic heterocycles. The molecule has 0 aliphatic carbocycles. The maximum Gasteiger partial charge on any atom is 0.311 e. The Kier molecular flexibility index (Phi) is 30.9. The second-order valence-corrected chi connectivity index (χ2v) is 30.6. The fourth-order valence-corrected chi connectivity index (χ4v) is 13.4. The number of nitrogens with zero attached hydrogens (tertiary/aromatic N) is 1. The van der Waals surface area contributed by atoms with Gasteiger partial charge in [-0.2, -0.15) is 5.26 Å². The summed E-state index contributed by atoms with van der Waals surface area (Å²) in [5.74, 6) is -0.589. The second kappa shape index (κ2) is 41.7. The molecule has 0 saturated carbocycles. The summed E-state index contributed by atoms with van der Waals surface area (Å²) in [6, 6.07) is 89.3. The standard InChI is InChI=1S/C89H94Cl3NO17/c1-88(2,3)87(94)110-83-80(102-57-69-45-27-11-28-46-69)76(98-53-65-37-19-7-20-38-65)72(60-96-51-63-33-15-5-16-34-63)106-86(83)109-82-79(101-56-68-43-25-10-26-44-68)75(97-52-64-35-17-6-18-36-64)71(59-95-50-62-31-13-4-14-32-62)105-84(82)104-61-73-77(99-54-66-39-21-8-22-40-66)78(100-55-67-41-23-9-24-42-67)81(103-58-70-47-29-12-30-48-70)85(107-73)108-74(49-93)89(90,91)92/h4-48,71-86H,50-61H2,1-3H3/t71-,72-,73-,74?,75-,76-,77-,78+,79+,80+,81+,82+,83+,84+,85-,86-/m1/s1. The lowest BCUT2D eigenvalue weighted by Gasteiger charge is -2.50. The van der Waals surface area contributed by atoms with Crippen molar-refractivity contribution >= 4 is 40.8 Å². The fourth-order valence-electron chi connectivity index (χ4n) is 13.1. The van der Waals surface area contributed by atoms with Gasteiger partial charge in [-0.05, 0) is 70.8 Å². The van der Waals surface area contributed by atoms with E-state index in [1.807, 2.05) is 279 Å². The molecule has 0 bridgehead atoms. The van der Waals surface area contributed by atoms with Gasteiger partial charge in [0.05, 0.1) is 90.8 Å². The molecule has 0 N–H and O–H groups in total. The van der Waals surface area contributed by atoms with E-state index >= 15 is 4.79 Å². The highest BCUT2D eigenvalue weighted by Gasteiger charge is 2.58. The van der Waals surface area contributed by atoms with Crippen molar-refractivity contribution in [3.8, 4) is 6.07 Å². The predicted octanol–water partition coefficient (Wildman–Crippen LogP) is 16.3. The summed E-state index contributed by atoms with van der Waals surface area (Å²) in [4.78, 5) is 15.0. The number of nitriles is 1. The van der Waals surface area contributed by atoms with E-state index in [0.717, 1.165) is 50.1 Å². The average Bonchev–Trinajstić information content (AvgIpc) is 0.766. The van der Waals surface area contributed by atoms with Crippen LogP contribution in [0.1, 0.15) is 70.8 Å². The van der Waals surface area contributed by atoms with Crippen molar-refractivity contribution in [3.05, 3.63) is 323 Å². The van der Waals surface area contributed by atoms with E-state index in [4.69, 9.17) is 111 Å². The third kappa shape index (κ3) is 24.1. The zero-order valence-corrected chi connectivity index (χ0v) is 64.0. The van der Waals surface area contributed by atoms with Crippen molar-refractivity contribution in [2.75, 3.05) is 19.8 Å². The van der Waals surface area contributed by atoms with E-state index in [1.54, 1.807) is 20.8 Å². The van der Waals surface area contributed by atoms with Gasteiger partial charge in [0.1, 0.15) is 67.1 Å². The van der Waals surface area contributed by atoms with Crippen LogP contribution in [-0.2, 0) is 140 Å². The number of carbonyl (C=O) groups excluding carboxylic acids is 1. The first-order valence-electron chi connectivity index (χ1n) is 37.1. The highest BCUT2D eigenvalue weighted by Crippen LogP contribution is 2.41. The van der Waals surface area contributed by atoms with Gasteiger partial charge < -0.3 is 75.8 Å². The number of rotatable bonds is 37. The average molecular weight is 1560 g/mol. The molecule has 578 valence electrons. The lowest BCUT2D eigenvalue weighted by atomic mass is 9.94. The first-order valence-corrected chi connectivity index (χ1v) is 38.2. The summed E-state index contributed by atoms with van der Waals surface area (Å²) >= 11 is 19.8. The number of halogens is 3. The molecule has 3 aliphatic rings. The quantitative estimate of drug-likeness (QED) is 0.0264. The SMILES string of the molecule is CC(C)(C)C(=O)O[C@@H]1[C@@H](O[C@@H]2[C@@H](OC[C@H]3O[C@H](OC(C#N)C(Cl)(Cl)Cl)[C@@H](OCc4ccccc4)[C@@H](OCc4ccccc4)[C@@H]3OCc3ccccc3)O[C@H](COCc3ccccc3)[C@@H](OCc3ccccc3)[C@@H]2OCc2ccccc2)O[C@H](COCc2ccccc2)[C@@H](OCc2ccccc2)[C@@H]1OCc1ccccc1. The van der Waals surface area contributed by atoms with Gasteiger partial charge in [0.25, 0.3) is 0 Å². The van der Waals surface area contributed by atoms with Crippen molar-refractivity contribution in [3.63, 3.8) is 0 Å². The first kappa shape index (κ1) is 81.7.